The van der Waals surface area contributed by atoms with Gasteiger partial charge in [0.25, 0.3) is 0 Å². The lowest BCUT2D eigenvalue weighted by Crippen LogP contribution is -2.40. The van der Waals surface area contributed by atoms with Gasteiger partial charge in [-0.3, -0.25) is 14.4 Å². The lowest BCUT2D eigenvalue weighted by molar-refractivity contribution is -0.191. The topological polar surface area (TPSA) is 263 Å². The SMILES string of the molecule is CC1OC(=O)C(C)OC1=O.CCC(CCC(OC(C)=O)C(C)=O)OC(=O)C(C)OC(=O)C(C)OC(=O)C(C)OC(=O)C(C)OC.CCC1CCC(OC(C)=O)C(=O)O1. The van der Waals surface area contributed by atoms with Crippen LogP contribution >= 0.6 is 0 Å². The van der Waals surface area contributed by atoms with E-state index in [1.165, 1.54) is 69.4 Å². The zero-order chi connectivity index (χ0) is 44.9. The van der Waals surface area contributed by atoms with Crippen LogP contribution in [0.3, 0.4) is 0 Å². The molecule has 20 nitrogen and oxygen atoms in total. The molecule has 0 aromatic carbocycles. The maximum absolute atomic E-state index is 12.3. The van der Waals surface area contributed by atoms with Crippen LogP contribution in [0.5, 0.6) is 0 Å². The normalized spacial score (nSPS) is 21.6. The molecule has 330 valence electrons. The predicted molar refractivity (Wildman–Crippen MR) is 195 cm³/mol. The molecule has 10 atom stereocenters. The minimum atomic E-state index is -1.39. The molecule has 10 unspecified atom stereocenters. The maximum Gasteiger partial charge on any atom is 0.347 e. The van der Waals surface area contributed by atoms with Gasteiger partial charge in [0, 0.05) is 21.0 Å². The van der Waals surface area contributed by atoms with Crippen LogP contribution in [0, 0.1) is 0 Å². The van der Waals surface area contributed by atoms with Crippen molar-refractivity contribution in [2.24, 2.45) is 0 Å². The van der Waals surface area contributed by atoms with Gasteiger partial charge in [-0.2, -0.15) is 0 Å². The molecule has 2 heterocycles. The van der Waals surface area contributed by atoms with Gasteiger partial charge in [0.2, 0.25) is 0 Å². The quantitative estimate of drug-likeness (QED) is 0.150. The largest absolute Gasteiger partial charge is 0.460 e. The number of cyclic esters (lactones) is 3. The van der Waals surface area contributed by atoms with Crippen LogP contribution < -0.4 is 0 Å². The van der Waals surface area contributed by atoms with Gasteiger partial charge in [-0.15, -0.1) is 0 Å². The highest BCUT2D eigenvalue weighted by Gasteiger charge is 2.33. The predicted octanol–water partition coefficient (Wildman–Crippen LogP) is 2.34. The number of esters is 9. The molecule has 0 radical (unpaired) electrons. The number of hydrogen-bond donors (Lipinski definition) is 0. The standard InChI is InChI=1S/C23H36O12.C9H14O4.C6H8O4/c1-9-18(10-11-19(12(2)24)34-17(7)25)35-23(29)16(6)33-22(28)15(5)32-21(27)14(4)31-20(26)13(3)30-8;1-3-7-4-5-8(9(11)13-7)12-6(2)10;1-3-5(7)10-4(2)6(8)9-3/h13-16,18-19H,9-11H2,1-8H3;7-8H,3-5H2,1-2H3;3-4H,1-2H3. The summed E-state index contributed by atoms with van der Waals surface area (Å²) in [6.07, 6.45) is -5.62. The van der Waals surface area contributed by atoms with E-state index < -0.39 is 109 Å². The Balaban J connectivity index is 0.00000113. The van der Waals surface area contributed by atoms with Gasteiger partial charge in [0.05, 0.1) is 0 Å². The molecular weight excluding hydrogens is 776 g/mol. The Morgan fingerprint density at radius 1 is 0.603 bits per heavy atom. The first kappa shape index (κ1) is 52.9. The molecule has 0 amide bonds. The summed E-state index contributed by atoms with van der Waals surface area (Å²) < 4.78 is 48.9. The Morgan fingerprint density at radius 3 is 1.41 bits per heavy atom. The van der Waals surface area contributed by atoms with Crippen LogP contribution in [-0.4, -0.2) is 128 Å². The van der Waals surface area contributed by atoms with Gasteiger partial charge in [-0.1, -0.05) is 13.8 Å². The summed E-state index contributed by atoms with van der Waals surface area (Å²) in [7, 11) is 1.30. The Morgan fingerprint density at radius 2 is 1.05 bits per heavy atom. The molecule has 0 aromatic rings. The zero-order valence-corrected chi connectivity index (χ0v) is 35.2. The van der Waals surface area contributed by atoms with Crippen LogP contribution in [0.15, 0.2) is 0 Å². The van der Waals surface area contributed by atoms with E-state index in [2.05, 4.69) is 9.47 Å². The van der Waals surface area contributed by atoms with Gasteiger partial charge in [0.1, 0.15) is 12.2 Å². The summed E-state index contributed by atoms with van der Waals surface area (Å²) in [6, 6.07) is 0. The third kappa shape index (κ3) is 20.3. The van der Waals surface area contributed by atoms with Crippen molar-refractivity contribution in [2.45, 2.75) is 176 Å². The summed E-state index contributed by atoms with van der Waals surface area (Å²) in [6.45, 7) is 15.7. The highest BCUT2D eigenvalue weighted by molar-refractivity contribution is 5.87. The molecule has 0 bridgehead atoms. The third-order valence-electron chi connectivity index (χ3n) is 8.12. The number of carbonyl (C=O) groups is 10. The van der Waals surface area contributed by atoms with Crippen molar-refractivity contribution in [1.29, 1.82) is 0 Å². The lowest BCUT2D eigenvalue weighted by Gasteiger charge is -2.26. The van der Waals surface area contributed by atoms with E-state index >= 15 is 0 Å². The van der Waals surface area contributed by atoms with Crippen molar-refractivity contribution < 1.29 is 95.3 Å². The molecule has 0 N–H and O–H groups in total. The number of methoxy groups -OCH3 is 1. The fourth-order valence-electron chi connectivity index (χ4n) is 4.53. The average molecular weight is 835 g/mol. The monoisotopic (exact) mass is 834 g/mol. The summed E-state index contributed by atoms with van der Waals surface area (Å²) in [5.41, 5.74) is 0. The maximum atomic E-state index is 12.3. The van der Waals surface area contributed by atoms with E-state index in [0.29, 0.717) is 12.8 Å². The first-order chi connectivity index (χ1) is 27.0. The minimum Gasteiger partial charge on any atom is -0.460 e. The third-order valence-corrected chi connectivity index (χ3v) is 8.12. The Labute approximate surface area is 337 Å². The van der Waals surface area contributed by atoms with Crippen LogP contribution in [0.4, 0.5) is 0 Å². The average Bonchev–Trinajstić information content (AvgIpc) is 3.15. The van der Waals surface area contributed by atoms with Crippen molar-refractivity contribution in [3.8, 4) is 0 Å². The van der Waals surface area contributed by atoms with E-state index in [0.717, 1.165) is 12.8 Å². The fraction of sp³-hybridized carbons (Fsp3) is 0.737. The van der Waals surface area contributed by atoms with Gasteiger partial charge < -0.3 is 47.4 Å². The van der Waals surface area contributed by atoms with Crippen molar-refractivity contribution in [3.63, 3.8) is 0 Å². The number of ether oxygens (including phenoxy) is 10. The first-order valence-corrected chi connectivity index (χ1v) is 18.8. The fourth-order valence-corrected chi connectivity index (χ4v) is 4.53. The van der Waals surface area contributed by atoms with Crippen LogP contribution in [0.1, 0.15) is 115 Å². The van der Waals surface area contributed by atoms with Crippen molar-refractivity contribution in [2.75, 3.05) is 7.11 Å². The van der Waals surface area contributed by atoms with E-state index in [-0.39, 0.29) is 24.7 Å². The van der Waals surface area contributed by atoms with E-state index in [9.17, 15) is 47.9 Å². The first-order valence-electron chi connectivity index (χ1n) is 18.8. The number of Topliss-reactive ketones (excluding diaryl/α,β-unsaturated/α-hetero) is 1. The number of ketones is 1. The Bertz CT molecular complexity index is 1420. The second-order valence-corrected chi connectivity index (χ2v) is 13.2. The second kappa shape index (κ2) is 26.7. The van der Waals surface area contributed by atoms with Crippen LogP contribution in [0.2, 0.25) is 0 Å². The summed E-state index contributed by atoms with van der Waals surface area (Å²) in [5, 5.41) is 0. The molecule has 2 rings (SSSR count). The van der Waals surface area contributed by atoms with Crippen LogP contribution in [-0.2, 0) is 95.3 Å². The molecular formula is C38H58O20. The van der Waals surface area contributed by atoms with E-state index in [4.69, 9.17) is 37.9 Å². The van der Waals surface area contributed by atoms with Crippen molar-refractivity contribution in [1.82, 2.24) is 0 Å². The highest BCUT2D eigenvalue weighted by Crippen LogP contribution is 2.19. The van der Waals surface area contributed by atoms with Crippen LogP contribution in [0.25, 0.3) is 0 Å². The van der Waals surface area contributed by atoms with Crippen molar-refractivity contribution >= 4 is 59.5 Å². The van der Waals surface area contributed by atoms with Gasteiger partial charge >= 0.3 is 53.7 Å². The molecule has 0 aliphatic carbocycles. The number of carbonyl (C=O) groups excluding carboxylic acids is 10. The van der Waals surface area contributed by atoms with E-state index in [1.54, 1.807) is 6.92 Å². The smallest absolute Gasteiger partial charge is 0.347 e. The summed E-state index contributed by atoms with van der Waals surface area (Å²) in [5.74, 6) is -6.34. The molecule has 2 aliphatic heterocycles. The summed E-state index contributed by atoms with van der Waals surface area (Å²) in [4.78, 5) is 114. The molecule has 0 aromatic heterocycles. The minimum absolute atomic E-state index is 0.000641. The zero-order valence-electron chi connectivity index (χ0n) is 35.2. The lowest BCUT2D eigenvalue weighted by atomic mass is 10.0. The van der Waals surface area contributed by atoms with Gasteiger partial charge in [-0.05, 0) is 87.0 Å². The van der Waals surface area contributed by atoms with Crippen molar-refractivity contribution in [3.05, 3.63) is 0 Å². The highest BCUT2D eigenvalue weighted by atomic mass is 16.7. The second-order valence-electron chi connectivity index (χ2n) is 13.2. The molecule has 0 saturated carbocycles. The molecule has 20 heteroatoms. The molecule has 2 saturated heterocycles. The number of rotatable bonds is 17. The Kier molecular flexibility index (Phi) is 24.3. The van der Waals surface area contributed by atoms with Gasteiger partial charge in [-0.25, -0.2) is 33.6 Å². The van der Waals surface area contributed by atoms with E-state index in [1.807, 2.05) is 6.92 Å². The number of hydrogen-bond acceptors (Lipinski definition) is 20. The molecule has 0 spiro atoms. The molecule has 58 heavy (non-hydrogen) atoms. The summed E-state index contributed by atoms with van der Waals surface area (Å²) >= 11 is 0. The molecule has 2 fully saturated rings. The van der Waals surface area contributed by atoms with Gasteiger partial charge in [0.15, 0.2) is 54.6 Å². The molecule has 2 aliphatic rings. The Hall–Kier alpha value is -5.14.